The van der Waals surface area contributed by atoms with E-state index in [2.05, 4.69) is 42.6 Å². The molecule has 13 heteroatoms. The fourth-order valence-electron chi connectivity index (χ4n) is 3.14. The summed E-state index contributed by atoms with van der Waals surface area (Å²) in [4.78, 5) is 24.3. The summed E-state index contributed by atoms with van der Waals surface area (Å²) in [6, 6.07) is 11.1. The number of methoxy groups -OCH3 is 1. The van der Waals surface area contributed by atoms with Crippen molar-refractivity contribution < 1.29 is 22.7 Å². The summed E-state index contributed by atoms with van der Waals surface area (Å²) < 4.78 is 47.5. The van der Waals surface area contributed by atoms with Gasteiger partial charge in [0.05, 0.1) is 25.5 Å². The van der Waals surface area contributed by atoms with Crippen LogP contribution in [0.25, 0.3) is 0 Å². The first-order valence-electron chi connectivity index (χ1n) is 10.8. The van der Waals surface area contributed by atoms with E-state index in [1.54, 1.807) is 47.4 Å². The van der Waals surface area contributed by atoms with E-state index in [0.29, 0.717) is 23.5 Å². The highest BCUT2D eigenvalue weighted by molar-refractivity contribution is 6.03. The van der Waals surface area contributed by atoms with Gasteiger partial charge in [0.1, 0.15) is 11.4 Å². The number of benzene rings is 1. The monoisotopic (exact) mass is 510 g/mol. The molecule has 37 heavy (non-hydrogen) atoms. The van der Waals surface area contributed by atoms with Crippen molar-refractivity contribution in [2.75, 3.05) is 23.1 Å². The zero-order valence-electron chi connectivity index (χ0n) is 19.5. The number of carbonyl (C=O) groups excluding carboxylic acids is 1. The van der Waals surface area contributed by atoms with E-state index in [1.165, 1.54) is 25.4 Å². The van der Waals surface area contributed by atoms with Crippen LogP contribution in [-0.4, -0.2) is 37.7 Å². The fourth-order valence-corrected chi connectivity index (χ4v) is 3.14. The van der Waals surface area contributed by atoms with Crippen molar-refractivity contribution in [3.63, 3.8) is 0 Å². The number of nitrogens with one attached hydrogen (secondary N) is 3. The number of nitrogens with zero attached hydrogens (tertiary/aromatic N) is 5. The molecule has 0 spiro atoms. The highest BCUT2D eigenvalue weighted by Gasteiger charge is 2.35. The second-order valence-corrected chi connectivity index (χ2v) is 7.64. The standard InChI is InChI=1S/C24H21F3N8O2/c1-15(14-35-10-4-9-30-35)22(36)32-17-6-3-5-16(11-17)31-21-19(24(25,26)27)13-29-23(34-21)33-18-7-8-20(37-2)28-12-18/h3-13H,1,14H2,2H3,(H,32,36)(H2,29,31,33,34). The van der Waals surface area contributed by atoms with Crippen LogP contribution in [0.1, 0.15) is 5.56 Å². The summed E-state index contributed by atoms with van der Waals surface area (Å²) in [5, 5.41) is 12.2. The Morgan fingerprint density at radius 2 is 1.86 bits per heavy atom. The van der Waals surface area contributed by atoms with Gasteiger partial charge in [-0.15, -0.1) is 0 Å². The van der Waals surface area contributed by atoms with Crippen LogP contribution >= 0.6 is 0 Å². The van der Waals surface area contributed by atoms with Gasteiger partial charge in [-0.2, -0.15) is 23.3 Å². The van der Waals surface area contributed by atoms with E-state index >= 15 is 0 Å². The van der Waals surface area contributed by atoms with Gasteiger partial charge in [-0.3, -0.25) is 9.48 Å². The van der Waals surface area contributed by atoms with Crippen LogP contribution in [0.3, 0.4) is 0 Å². The van der Waals surface area contributed by atoms with Crippen LogP contribution < -0.4 is 20.7 Å². The van der Waals surface area contributed by atoms with Crippen LogP contribution in [0.4, 0.5) is 42.0 Å². The molecule has 0 aliphatic carbocycles. The van der Waals surface area contributed by atoms with E-state index in [9.17, 15) is 18.0 Å². The van der Waals surface area contributed by atoms with Crippen LogP contribution in [0.2, 0.25) is 0 Å². The van der Waals surface area contributed by atoms with Gasteiger partial charge in [-0.25, -0.2) is 9.97 Å². The zero-order chi connectivity index (χ0) is 26.4. The molecule has 0 radical (unpaired) electrons. The molecule has 0 unspecified atom stereocenters. The highest BCUT2D eigenvalue weighted by Crippen LogP contribution is 2.35. The first-order chi connectivity index (χ1) is 17.7. The summed E-state index contributed by atoms with van der Waals surface area (Å²) in [6.45, 7) is 3.95. The van der Waals surface area contributed by atoms with Gasteiger partial charge >= 0.3 is 6.18 Å². The third kappa shape index (κ3) is 6.60. The number of hydrogen-bond donors (Lipinski definition) is 3. The first kappa shape index (κ1) is 25.2. The minimum Gasteiger partial charge on any atom is -0.481 e. The van der Waals surface area contributed by atoms with Crippen molar-refractivity contribution in [2.45, 2.75) is 12.7 Å². The van der Waals surface area contributed by atoms with Crippen molar-refractivity contribution in [1.82, 2.24) is 24.7 Å². The molecular weight excluding hydrogens is 489 g/mol. The second-order valence-electron chi connectivity index (χ2n) is 7.64. The lowest BCUT2D eigenvalue weighted by atomic mass is 10.2. The molecule has 0 atom stereocenters. The zero-order valence-corrected chi connectivity index (χ0v) is 19.5. The van der Waals surface area contributed by atoms with Crippen molar-refractivity contribution in [3.8, 4) is 5.88 Å². The Kier molecular flexibility index (Phi) is 7.32. The third-order valence-corrected chi connectivity index (χ3v) is 4.91. The summed E-state index contributed by atoms with van der Waals surface area (Å²) in [5.74, 6) is -0.636. The van der Waals surface area contributed by atoms with Gasteiger partial charge in [0.2, 0.25) is 11.8 Å². The summed E-state index contributed by atoms with van der Waals surface area (Å²) >= 11 is 0. The molecule has 0 aliphatic heterocycles. The topological polar surface area (TPSA) is 119 Å². The molecule has 1 amide bonds. The van der Waals surface area contributed by atoms with Gasteiger partial charge in [0, 0.05) is 41.6 Å². The van der Waals surface area contributed by atoms with Crippen LogP contribution in [0, 0.1) is 0 Å². The maximum atomic E-state index is 13.7. The van der Waals surface area contributed by atoms with Crippen LogP contribution in [0.5, 0.6) is 5.88 Å². The normalized spacial score (nSPS) is 11.0. The van der Waals surface area contributed by atoms with Gasteiger partial charge in [0.25, 0.3) is 5.91 Å². The Morgan fingerprint density at radius 1 is 1.05 bits per heavy atom. The number of ether oxygens (including phenoxy) is 1. The smallest absolute Gasteiger partial charge is 0.421 e. The lowest BCUT2D eigenvalue weighted by Crippen LogP contribution is -2.17. The number of rotatable bonds is 9. The summed E-state index contributed by atoms with van der Waals surface area (Å²) in [5.41, 5.74) is 0.249. The maximum absolute atomic E-state index is 13.7. The van der Waals surface area contributed by atoms with Crippen molar-refractivity contribution in [1.29, 1.82) is 0 Å². The van der Waals surface area contributed by atoms with Gasteiger partial charge in [0.15, 0.2) is 0 Å². The van der Waals surface area contributed by atoms with E-state index in [-0.39, 0.29) is 23.8 Å². The predicted molar refractivity (Wildman–Crippen MR) is 131 cm³/mol. The molecule has 3 aromatic heterocycles. The largest absolute Gasteiger partial charge is 0.481 e. The molecule has 190 valence electrons. The second kappa shape index (κ2) is 10.8. The molecule has 3 N–H and O–H groups in total. The number of aromatic nitrogens is 5. The van der Waals surface area contributed by atoms with Crippen LogP contribution in [0.15, 0.2) is 79.4 Å². The van der Waals surface area contributed by atoms with Crippen molar-refractivity contribution in [2.24, 2.45) is 0 Å². The molecular formula is C24H21F3N8O2. The van der Waals surface area contributed by atoms with Crippen molar-refractivity contribution in [3.05, 3.63) is 85.0 Å². The molecule has 4 aromatic rings. The Bertz CT molecular complexity index is 1390. The lowest BCUT2D eigenvalue weighted by Gasteiger charge is -2.15. The van der Waals surface area contributed by atoms with Crippen LogP contribution in [-0.2, 0) is 17.5 Å². The molecule has 0 bridgehead atoms. The first-order valence-corrected chi connectivity index (χ1v) is 10.8. The molecule has 3 heterocycles. The Labute approximate surface area is 209 Å². The molecule has 1 aromatic carbocycles. The predicted octanol–water partition coefficient (Wildman–Crippen LogP) is 4.78. The molecule has 0 aliphatic rings. The summed E-state index contributed by atoms with van der Waals surface area (Å²) in [7, 11) is 1.46. The molecule has 0 saturated heterocycles. The van der Waals surface area contributed by atoms with Gasteiger partial charge in [-0.05, 0) is 30.3 Å². The number of halogens is 3. The Morgan fingerprint density at radius 3 is 2.54 bits per heavy atom. The average molecular weight is 510 g/mol. The number of hydrogen-bond acceptors (Lipinski definition) is 8. The average Bonchev–Trinajstić information content (AvgIpc) is 3.37. The van der Waals surface area contributed by atoms with E-state index in [0.717, 1.165) is 0 Å². The van der Waals surface area contributed by atoms with E-state index < -0.39 is 23.5 Å². The molecule has 4 rings (SSSR count). The summed E-state index contributed by atoms with van der Waals surface area (Å²) in [6.07, 6.45) is 0.673. The third-order valence-electron chi connectivity index (χ3n) is 4.91. The maximum Gasteiger partial charge on any atom is 0.421 e. The number of carbonyl (C=O) groups is 1. The molecule has 0 fully saturated rings. The molecule has 10 nitrogen and oxygen atoms in total. The SMILES string of the molecule is C=C(Cn1cccn1)C(=O)Nc1cccc(Nc2nc(Nc3ccc(OC)nc3)ncc2C(F)(F)F)c1. The number of pyridine rings is 1. The van der Waals surface area contributed by atoms with E-state index in [4.69, 9.17) is 4.74 Å². The number of amides is 1. The minimum absolute atomic E-state index is 0.0816. The van der Waals surface area contributed by atoms with Gasteiger partial charge in [-0.1, -0.05) is 12.6 Å². The lowest BCUT2D eigenvalue weighted by molar-refractivity contribution is -0.137. The quantitative estimate of drug-likeness (QED) is 0.276. The molecule has 0 saturated carbocycles. The highest BCUT2D eigenvalue weighted by atomic mass is 19.4. The minimum atomic E-state index is -4.71. The fraction of sp³-hybridized carbons (Fsp3) is 0.125. The Balaban J connectivity index is 1.52. The van der Waals surface area contributed by atoms with E-state index in [1.807, 2.05) is 0 Å². The van der Waals surface area contributed by atoms with Gasteiger partial charge < -0.3 is 20.7 Å². The Hall–Kier alpha value is -4.94. The van der Waals surface area contributed by atoms with Crippen molar-refractivity contribution >= 4 is 34.7 Å². The number of alkyl halides is 3. The number of anilines is 5.